The van der Waals surface area contributed by atoms with Gasteiger partial charge in [0.15, 0.2) is 0 Å². The molecule has 0 N–H and O–H groups in total. The van der Waals surface area contributed by atoms with Crippen LogP contribution in [0.15, 0.2) is 24.3 Å². The molecule has 0 unspecified atom stereocenters. The molecule has 1 nitrogen and oxygen atoms in total. The second-order valence-corrected chi connectivity index (χ2v) is 4.69. The quantitative estimate of drug-likeness (QED) is 0.776. The van der Waals surface area contributed by atoms with Crippen LogP contribution in [0, 0.1) is 6.92 Å². The Bertz CT molecular complexity index is 451. The number of ether oxygens (including phenoxy) is 1. The van der Waals surface area contributed by atoms with E-state index in [0.717, 1.165) is 18.8 Å². The van der Waals surface area contributed by atoms with Gasteiger partial charge in [-0.15, -0.1) is 11.3 Å². The Morgan fingerprint density at radius 3 is 2.50 bits per heavy atom. The second kappa shape index (κ2) is 10.4. The van der Waals surface area contributed by atoms with Crippen molar-refractivity contribution in [3.8, 4) is 5.75 Å². The van der Waals surface area contributed by atoms with Crippen molar-refractivity contribution in [2.45, 2.75) is 34.1 Å². The molecular formula is C15H22OSV. The SMILES string of the molecule is CC.CCCOc1ccc2sc(C)cc2c1.[CH2]=[V]. The van der Waals surface area contributed by atoms with Gasteiger partial charge in [0.05, 0.1) is 6.61 Å². The van der Waals surface area contributed by atoms with Crippen LogP contribution in [0.3, 0.4) is 0 Å². The molecule has 0 amide bonds. The predicted octanol–water partition coefficient (Wildman–Crippen LogP) is 4.99. The molecule has 3 heteroatoms. The van der Waals surface area contributed by atoms with Crippen LogP contribution >= 0.6 is 11.3 Å². The van der Waals surface area contributed by atoms with Crippen molar-refractivity contribution < 1.29 is 21.7 Å². The number of rotatable bonds is 3. The molecule has 0 atom stereocenters. The molecule has 0 aliphatic carbocycles. The molecule has 0 bridgehead atoms. The van der Waals surface area contributed by atoms with Crippen LogP contribution in [0.5, 0.6) is 5.75 Å². The number of benzene rings is 1. The van der Waals surface area contributed by atoms with Crippen LogP contribution in [-0.2, 0) is 17.0 Å². The van der Waals surface area contributed by atoms with E-state index in [2.05, 4.69) is 54.3 Å². The fourth-order valence-electron chi connectivity index (χ4n) is 1.46. The van der Waals surface area contributed by atoms with Crippen molar-refractivity contribution in [3.05, 3.63) is 29.1 Å². The van der Waals surface area contributed by atoms with Gasteiger partial charge in [0.25, 0.3) is 0 Å². The zero-order valence-electron chi connectivity index (χ0n) is 11.7. The van der Waals surface area contributed by atoms with E-state index in [1.54, 1.807) is 0 Å². The summed E-state index contributed by atoms with van der Waals surface area (Å²) < 4.78 is 6.92. The predicted molar refractivity (Wildman–Crippen MR) is 80.8 cm³/mol. The van der Waals surface area contributed by atoms with E-state index in [9.17, 15) is 0 Å². The van der Waals surface area contributed by atoms with Gasteiger partial charge in [0, 0.05) is 9.58 Å². The Balaban J connectivity index is 0.000000659. The van der Waals surface area contributed by atoms with Gasteiger partial charge in [-0.1, -0.05) is 20.8 Å². The first-order valence-electron chi connectivity index (χ1n) is 6.24. The van der Waals surface area contributed by atoms with Gasteiger partial charge in [-0.05, 0) is 43.0 Å². The summed E-state index contributed by atoms with van der Waals surface area (Å²) in [6, 6.07) is 8.51. The molecule has 0 fully saturated rings. The van der Waals surface area contributed by atoms with Crippen molar-refractivity contribution >= 4 is 26.7 Å². The molecule has 0 saturated heterocycles. The zero-order valence-corrected chi connectivity index (χ0v) is 13.9. The average Bonchev–Trinajstić information content (AvgIpc) is 2.80. The first-order valence-corrected chi connectivity index (χ1v) is 8.04. The van der Waals surface area contributed by atoms with Crippen molar-refractivity contribution in [3.63, 3.8) is 0 Å². The summed E-state index contributed by atoms with van der Waals surface area (Å²) in [6.45, 7) is 9.05. The Morgan fingerprint density at radius 2 is 1.89 bits per heavy atom. The van der Waals surface area contributed by atoms with E-state index in [0.29, 0.717) is 0 Å². The van der Waals surface area contributed by atoms with E-state index in [1.165, 1.54) is 15.0 Å². The van der Waals surface area contributed by atoms with Gasteiger partial charge < -0.3 is 4.74 Å². The monoisotopic (exact) mass is 301 g/mol. The third kappa shape index (κ3) is 5.39. The topological polar surface area (TPSA) is 9.23 Å². The third-order valence-electron chi connectivity index (χ3n) is 2.08. The molecule has 99 valence electrons. The number of fused-ring (bicyclic) bond motifs is 1. The summed E-state index contributed by atoms with van der Waals surface area (Å²) >= 11 is 3.89. The summed E-state index contributed by atoms with van der Waals surface area (Å²) in [7, 11) is 0. The Labute approximate surface area is 124 Å². The summed E-state index contributed by atoms with van der Waals surface area (Å²) in [4.78, 5) is 1.35. The number of thiophene rings is 1. The van der Waals surface area contributed by atoms with Gasteiger partial charge in [0.2, 0.25) is 0 Å². The van der Waals surface area contributed by atoms with E-state index in [1.807, 2.05) is 31.3 Å². The standard InChI is InChI=1S/C12H14OS.C2H6.CH2.V/c1-3-6-13-11-4-5-12-10(8-11)7-9(2)14-12;1-2;;/h4-5,7-8H,3,6H2,1-2H3;1-2H3;1H2;. The summed E-state index contributed by atoms with van der Waals surface area (Å²) in [5.74, 6) is 0.983. The molecule has 1 heterocycles. The van der Waals surface area contributed by atoms with E-state index < -0.39 is 0 Å². The number of aryl methyl sites for hydroxylation is 1. The molecule has 18 heavy (non-hydrogen) atoms. The first-order chi connectivity index (χ1) is 8.79. The molecule has 2 aromatic rings. The number of hydrogen-bond acceptors (Lipinski definition) is 2. The van der Waals surface area contributed by atoms with Crippen LogP contribution in [0.4, 0.5) is 0 Å². The Morgan fingerprint density at radius 1 is 1.22 bits per heavy atom. The van der Waals surface area contributed by atoms with Gasteiger partial charge in [-0.25, -0.2) is 0 Å². The minimum absolute atomic E-state index is 0.800. The molecule has 0 aliphatic heterocycles. The van der Waals surface area contributed by atoms with Crippen LogP contribution in [0.2, 0.25) is 0 Å². The number of hydrogen-bond donors (Lipinski definition) is 0. The first kappa shape index (κ1) is 17.4. The fourth-order valence-corrected chi connectivity index (χ4v) is 2.37. The normalized spacial score (nSPS) is 8.83. The van der Waals surface area contributed by atoms with Crippen molar-refractivity contribution in [1.29, 1.82) is 0 Å². The van der Waals surface area contributed by atoms with Gasteiger partial charge in [-0.2, -0.15) is 0 Å². The van der Waals surface area contributed by atoms with Gasteiger partial charge in [-0.3, -0.25) is 0 Å². The molecule has 1 aromatic heterocycles. The Hall–Kier alpha value is -0.566. The van der Waals surface area contributed by atoms with Gasteiger partial charge >= 0.3 is 22.2 Å². The summed E-state index contributed by atoms with van der Waals surface area (Å²) in [5.41, 5.74) is 0. The molecule has 0 saturated carbocycles. The van der Waals surface area contributed by atoms with E-state index >= 15 is 0 Å². The van der Waals surface area contributed by atoms with Crippen LogP contribution < -0.4 is 4.74 Å². The molecule has 2 rings (SSSR count). The molecule has 0 aliphatic rings. The van der Waals surface area contributed by atoms with E-state index in [-0.39, 0.29) is 0 Å². The summed E-state index contributed by atoms with van der Waals surface area (Å²) in [6.07, 6.45) is 1.06. The maximum absolute atomic E-state index is 5.58. The maximum atomic E-state index is 5.58. The third-order valence-corrected chi connectivity index (χ3v) is 3.12. The minimum atomic E-state index is 0.800. The summed E-state index contributed by atoms with van der Waals surface area (Å²) in [5, 5.41) is 4.48. The van der Waals surface area contributed by atoms with Gasteiger partial charge in [0.1, 0.15) is 5.75 Å². The fraction of sp³-hybridized carbons (Fsp3) is 0.400. The Kier molecular flexibility index (Phi) is 10.0. The van der Waals surface area contributed by atoms with Crippen LogP contribution in [0.1, 0.15) is 32.1 Å². The molecular weight excluding hydrogens is 279 g/mol. The second-order valence-electron chi connectivity index (χ2n) is 3.41. The van der Waals surface area contributed by atoms with Crippen molar-refractivity contribution in [2.24, 2.45) is 0 Å². The van der Waals surface area contributed by atoms with E-state index in [4.69, 9.17) is 4.74 Å². The molecule has 1 aromatic carbocycles. The van der Waals surface area contributed by atoms with Crippen LogP contribution in [0.25, 0.3) is 10.1 Å². The molecule has 0 radical (unpaired) electrons. The van der Waals surface area contributed by atoms with Crippen molar-refractivity contribution in [2.75, 3.05) is 6.61 Å². The average molecular weight is 301 g/mol. The van der Waals surface area contributed by atoms with Crippen molar-refractivity contribution in [1.82, 2.24) is 0 Å². The zero-order chi connectivity index (χ0) is 14.0. The molecule has 0 spiro atoms. The van der Waals surface area contributed by atoms with Crippen LogP contribution in [-0.4, -0.2) is 11.8 Å².